The number of nitrogens with zero attached hydrogens (tertiary/aromatic N) is 1. The zero-order valence-corrected chi connectivity index (χ0v) is 18.8. The van der Waals surface area contributed by atoms with E-state index in [2.05, 4.69) is 4.90 Å². The summed E-state index contributed by atoms with van der Waals surface area (Å²) < 4.78 is 10.5. The summed E-state index contributed by atoms with van der Waals surface area (Å²) in [5.41, 5.74) is 1.80. The minimum atomic E-state index is -0.983. The van der Waals surface area contributed by atoms with E-state index >= 15 is 0 Å². The molecule has 0 bridgehead atoms. The first-order chi connectivity index (χ1) is 13.6. The number of likely N-dealkylation sites (tertiary alicyclic amines) is 1. The van der Waals surface area contributed by atoms with Gasteiger partial charge in [-0.25, -0.2) is 9.59 Å². The van der Waals surface area contributed by atoms with Crippen LogP contribution < -0.4 is 0 Å². The van der Waals surface area contributed by atoms with Crippen molar-refractivity contribution in [2.75, 3.05) is 13.1 Å². The summed E-state index contributed by atoms with van der Waals surface area (Å²) in [4.78, 5) is 24.6. The quantitative estimate of drug-likeness (QED) is 0.364. The van der Waals surface area contributed by atoms with Gasteiger partial charge in [-0.1, -0.05) is 29.8 Å². The highest BCUT2D eigenvalue weighted by atomic mass is 35.5. The Morgan fingerprint density at radius 2 is 2.07 bits per heavy atom. The number of ether oxygens (including phenoxy) is 2. The Morgan fingerprint density at radius 1 is 1.38 bits per heavy atom. The molecule has 0 aromatic heterocycles. The van der Waals surface area contributed by atoms with Crippen LogP contribution >= 0.6 is 23.4 Å². The molecule has 0 spiro atoms. The van der Waals surface area contributed by atoms with Crippen LogP contribution in [-0.2, 0) is 20.8 Å². The standard InChI is InChI=1S/C21H28ClNO5S/c1-14(2)27-20(26)28-21(3,4)29-18-9-10-23(13-16(18)11-19(24)25)12-15-7-5-6-8-17(15)22/h5-8,11,14,18H,9-10,12-13H2,1-4H3,(H,24,25)/b16-11-. The molecular weight excluding hydrogens is 414 g/mol. The Labute approximate surface area is 181 Å². The fourth-order valence-corrected chi connectivity index (χ4v) is 4.66. The van der Waals surface area contributed by atoms with Gasteiger partial charge in [-0.05, 0) is 51.3 Å². The SMILES string of the molecule is CC(C)OC(=O)OC(C)(C)SC1CCN(Cc2ccccc2Cl)C/C1=C/C(=O)O. The smallest absolute Gasteiger partial charge is 0.478 e. The number of carbonyl (C=O) groups is 2. The Balaban J connectivity index is 2.06. The van der Waals surface area contributed by atoms with Crippen LogP contribution in [-0.4, -0.2) is 51.5 Å². The van der Waals surface area contributed by atoms with Crippen molar-refractivity contribution in [2.45, 2.75) is 56.9 Å². The van der Waals surface area contributed by atoms with Crippen molar-refractivity contribution in [1.82, 2.24) is 4.90 Å². The van der Waals surface area contributed by atoms with E-state index in [9.17, 15) is 14.7 Å². The van der Waals surface area contributed by atoms with Crippen molar-refractivity contribution in [1.29, 1.82) is 0 Å². The van der Waals surface area contributed by atoms with Crippen LogP contribution in [0.4, 0.5) is 4.79 Å². The number of hydrogen-bond acceptors (Lipinski definition) is 6. The van der Waals surface area contributed by atoms with Gasteiger partial charge >= 0.3 is 12.1 Å². The zero-order valence-electron chi connectivity index (χ0n) is 17.2. The van der Waals surface area contributed by atoms with E-state index in [4.69, 9.17) is 21.1 Å². The van der Waals surface area contributed by atoms with Crippen LogP contribution in [0, 0.1) is 0 Å². The van der Waals surface area contributed by atoms with Gasteiger partial charge in [-0.15, -0.1) is 11.8 Å². The number of carbonyl (C=O) groups excluding carboxylic acids is 1. The molecule has 1 aliphatic heterocycles. The van der Waals surface area contributed by atoms with Gasteiger partial charge in [0.25, 0.3) is 0 Å². The average molecular weight is 442 g/mol. The Bertz CT molecular complexity index is 765. The number of rotatable bonds is 7. The summed E-state index contributed by atoms with van der Waals surface area (Å²) in [7, 11) is 0. The fourth-order valence-electron chi connectivity index (χ4n) is 3.14. The monoisotopic (exact) mass is 441 g/mol. The normalized spacial score (nSPS) is 19.4. The maximum absolute atomic E-state index is 11.9. The number of piperidine rings is 1. The molecule has 0 aliphatic carbocycles. The highest BCUT2D eigenvalue weighted by Gasteiger charge is 2.34. The molecule has 6 nitrogen and oxygen atoms in total. The summed E-state index contributed by atoms with van der Waals surface area (Å²) in [6.07, 6.45) is 1.01. The van der Waals surface area contributed by atoms with Crippen molar-refractivity contribution in [2.24, 2.45) is 0 Å². The first kappa shape index (κ1) is 23.6. The molecule has 0 radical (unpaired) electrons. The van der Waals surface area contributed by atoms with Gasteiger partial charge in [0.2, 0.25) is 0 Å². The topological polar surface area (TPSA) is 76.1 Å². The van der Waals surface area contributed by atoms with E-state index in [1.807, 2.05) is 24.3 Å². The minimum absolute atomic E-state index is 0.0737. The molecule has 29 heavy (non-hydrogen) atoms. The van der Waals surface area contributed by atoms with E-state index in [1.54, 1.807) is 27.7 Å². The molecule has 1 fully saturated rings. The Kier molecular flexibility index (Phi) is 8.43. The summed E-state index contributed by atoms with van der Waals surface area (Å²) in [5, 5.41) is 9.94. The van der Waals surface area contributed by atoms with Crippen molar-refractivity contribution >= 4 is 35.5 Å². The lowest BCUT2D eigenvalue weighted by Crippen LogP contribution is -2.39. The Hall–Kier alpha value is -1.70. The zero-order chi connectivity index (χ0) is 21.6. The van der Waals surface area contributed by atoms with Crippen LogP contribution in [0.1, 0.15) is 39.7 Å². The van der Waals surface area contributed by atoms with Crippen LogP contribution in [0.2, 0.25) is 5.02 Å². The first-order valence-corrected chi connectivity index (χ1v) is 10.8. The molecule has 1 unspecified atom stereocenters. The molecule has 0 saturated carbocycles. The highest BCUT2D eigenvalue weighted by molar-refractivity contribution is 8.01. The second kappa shape index (κ2) is 10.4. The number of aliphatic carboxylic acids is 1. The number of halogens is 1. The van der Waals surface area contributed by atoms with Crippen LogP contribution in [0.5, 0.6) is 0 Å². The predicted octanol–water partition coefficient (Wildman–Crippen LogP) is 4.96. The molecular formula is C21H28ClNO5S. The van der Waals surface area contributed by atoms with E-state index in [0.29, 0.717) is 18.1 Å². The predicted molar refractivity (Wildman–Crippen MR) is 115 cm³/mol. The highest BCUT2D eigenvalue weighted by Crippen LogP contribution is 2.38. The molecule has 0 amide bonds. The van der Waals surface area contributed by atoms with Gasteiger partial charge in [0, 0.05) is 36.0 Å². The van der Waals surface area contributed by atoms with E-state index in [-0.39, 0.29) is 11.4 Å². The lowest BCUT2D eigenvalue weighted by molar-refractivity contribution is -0.131. The minimum Gasteiger partial charge on any atom is -0.478 e. The van der Waals surface area contributed by atoms with Gasteiger partial charge in [0.05, 0.1) is 6.10 Å². The molecule has 1 aliphatic rings. The fraction of sp³-hybridized carbons (Fsp3) is 0.524. The summed E-state index contributed by atoms with van der Waals surface area (Å²) in [6.45, 7) is 9.03. The lowest BCUT2D eigenvalue weighted by atomic mass is 10.0. The third-order valence-electron chi connectivity index (χ3n) is 4.28. The van der Waals surface area contributed by atoms with Crippen molar-refractivity contribution < 1.29 is 24.2 Å². The molecule has 1 atom stereocenters. The number of carboxylic acids is 1. The summed E-state index contributed by atoms with van der Waals surface area (Å²) in [6, 6.07) is 7.65. The maximum atomic E-state index is 11.9. The molecule has 1 aromatic carbocycles. The van der Waals surface area contributed by atoms with Gasteiger partial charge < -0.3 is 14.6 Å². The summed E-state index contributed by atoms with van der Waals surface area (Å²) in [5.74, 6) is -0.983. The molecule has 1 aromatic rings. The maximum Gasteiger partial charge on any atom is 0.509 e. The van der Waals surface area contributed by atoms with Gasteiger partial charge in [-0.3, -0.25) is 4.90 Å². The largest absolute Gasteiger partial charge is 0.509 e. The van der Waals surface area contributed by atoms with Gasteiger partial charge in [-0.2, -0.15) is 0 Å². The number of thioether (sulfide) groups is 1. The van der Waals surface area contributed by atoms with Gasteiger partial charge in [0.15, 0.2) is 4.93 Å². The van der Waals surface area contributed by atoms with Crippen LogP contribution in [0.25, 0.3) is 0 Å². The average Bonchev–Trinajstić information content (AvgIpc) is 2.57. The molecule has 160 valence electrons. The molecule has 1 heterocycles. The molecule has 1 saturated heterocycles. The third kappa shape index (κ3) is 7.91. The van der Waals surface area contributed by atoms with Crippen LogP contribution in [0.15, 0.2) is 35.9 Å². The Morgan fingerprint density at radius 3 is 2.69 bits per heavy atom. The second-order valence-corrected chi connectivity index (χ2v) is 9.87. The number of carboxylic acid groups (broad SMARTS) is 1. The lowest BCUT2D eigenvalue weighted by Gasteiger charge is -2.37. The summed E-state index contributed by atoms with van der Waals surface area (Å²) >= 11 is 7.70. The first-order valence-electron chi connectivity index (χ1n) is 9.52. The van der Waals surface area contributed by atoms with Crippen molar-refractivity contribution in [3.05, 3.63) is 46.5 Å². The van der Waals surface area contributed by atoms with Crippen molar-refractivity contribution in [3.63, 3.8) is 0 Å². The van der Waals surface area contributed by atoms with E-state index in [1.165, 1.54) is 17.8 Å². The second-order valence-electron chi connectivity index (χ2n) is 7.67. The number of hydrogen-bond donors (Lipinski definition) is 1. The van der Waals surface area contributed by atoms with Crippen LogP contribution in [0.3, 0.4) is 0 Å². The van der Waals surface area contributed by atoms with Gasteiger partial charge in [0.1, 0.15) is 0 Å². The van der Waals surface area contributed by atoms with E-state index < -0.39 is 17.1 Å². The molecule has 1 N–H and O–H groups in total. The number of benzene rings is 1. The molecule has 8 heteroatoms. The molecule has 2 rings (SSSR count). The third-order valence-corrected chi connectivity index (χ3v) is 6.12. The van der Waals surface area contributed by atoms with E-state index in [0.717, 1.165) is 24.1 Å². The van der Waals surface area contributed by atoms with Crippen molar-refractivity contribution in [3.8, 4) is 0 Å².